The van der Waals surface area contributed by atoms with Crippen LogP contribution < -0.4 is 10.6 Å². The molecule has 2 aliphatic heterocycles. The summed E-state index contributed by atoms with van der Waals surface area (Å²) in [6.45, 7) is 5.17. The van der Waals surface area contributed by atoms with Crippen LogP contribution in [0.5, 0.6) is 0 Å². The van der Waals surface area contributed by atoms with Gasteiger partial charge in [-0.25, -0.2) is 4.79 Å². The molecule has 0 saturated carbocycles. The third-order valence-corrected chi connectivity index (χ3v) is 6.27. The molecule has 0 atom stereocenters. The van der Waals surface area contributed by atoms with Crippen LogP contribution in [0.25, 0.3) is 0 Å². The van der Waals surface area contributed by atoms with Gasteiger partial charge in [0, 0.05) is 37.8 Å². The topological polar surface area (TPSA) is 64.7 Å². The molecule has 0 spiro atoms. The van der Waals surface area contributed by atoms with Gasteiger partial charge in [-0.15, -0.1) is 0 Å². The zero-order valence-corrected chi connectivity index (χ0v) is 18.1. The van der Waals surface area contributed by atoms with Crippen molar-refractivity contribution in [2.24, 2.45) is 5.92 Å². The Bertz CT molecular complexity index is 855. The summed E-state index contributed by atoms with van der Waals surface area (Å²) in [6.07, 6.45) is 4.01. The van der Waals surface area contributed by atoms with Crippen LogP contribution in [0, 0.1) is 5.92 Å². The van der Waals surface area contributed by atoms with E-state index in [4.69, 9.17) is 0 Å². The molecule has 2 N–H and O–H groups in total. The molecule has 4 rings (SSSR count). The SMILES string of the molecule is O=C(NCc1ccc(CN2CCCC2)cc1)C1CCN(C(=O)Nc2ccccc2)CC1. The van der Waals surface area contributed by atoms with Crippen LogP contribution in [0.2, 0.25) is 0 Å². The summed E-state index contributed by atoms with van der Waals surface area (Å²) in [5.74, 6) is 0.0551. The second-order valence-electron chi connectivity index (χ2n) is 8.58. The average Bonchev–Trinajstić information content (AvgIpc) is 3.32. The molecule has 0 bridgehead atoms. The van der Waals surface area contributed by atoms with Crippen LogP contribution in [0.4, 0.5) is 10.5 Å². The minimum absolute atomic E-state index is 0.0322. The van der Waals surface area contributed by atoms with E-state index in [0.29, 0.717) is 32.5 Å². The normalized spacial score (nSPS) is 17.5. The molecule has 31 heavy (non-hydrogen) atoms. The average molecular weight is 421 g/mol. The molecule has 2 aliphatic rings. The van der Waals surface area contributed by atoms with Crippen LogP contribution in [0.15, 0.2) is 54.6 Å². The van der Waals surface area contributed by atoms with E-state index in [9.17, 15) is 9.59 Å². The van der Waals surface area contributed by atoms with E-state index in [2.05, 4.69) is 39.8 Å². The quantitative estimate of drug-likeness (QED) is 0.746. The number of likely N-dealkylation sites (tertiary alicyclic amines) is 2. The second-order valence-corrected chi connectivity index (χ2v) is 8.58. The zero-order chi connectivity index (χ0) is 21.5. The van der Waals surface area contributed by atoms with Gasteiger partial charge in [0.15, 0.2) is 0 Å². The molecule has 2 aromatic carbocycles. The molecule has 3 amide bonds. The Morgan fingerprint density at radius 2 is 1.48 bits per heavy atom. The Balaban J connectivity index is 1.18. The zero-order valence-electron chi connectivity index (χ0n) is 18.1. The van der Waals surface area contributed by atoms with Crippen molar-refractivity contribution >= 4 is 17.6 Å². The van der Waals surface area contributed by atoms with E-state index in [1.54, 1.807) is 4.90 Å². The number of benzene rings is 2. The van der Waals surface area contributed by atoms with Crippen LogP contribution >= 0.6 is 0 Å². The summed E-state index contributed by atoms with van der Waals surface area (Å²) in [7, 11) is 0. The van der Waals surface area contributed by atoms with Crippen molar-refractivity contribution in [3.8, 4) is 0 Å². The third-order valence-electron chi connectivity index (χ3n) is 6.27. The molecular weight excluding hydrogens is 388 g/mol. The molecule has 0 aliphatic carbocycles. The first-order valence-corrected chi connectivity index (χ1v) is 11.4. The van der Waals surface area contributed by atoms with Crippen LogP contribution in [-0.4, -0.2) is 47.9 Å². The number of rotatable bonds is 6. The molecule has 2 saturated heterocycles. The van der Waals surface area contributed by atoms with Gasteiger partial charge in [-0.2, -0.15) is 0 Å². The smallest absolute Gasteiger partial charge is 0.321 e. The molecule has 2 aromatic rings. The van der Waals surface area contributed by atoms with Gasteiger partial charge < -0.3 is 15.5 Å². The van der Waals surface area contributed by atoms with Gasteiger partial charge in [0.1, 0.15) is 0 Å². The number of nitrogens with one attached hydrogen (secondary N) is 2. The maximum Gasteiger partial charge on any atom is 0.321 e. The summed E-state index contributed by atoms with van der Waals surface area (Å²) in [5.41, 5.74) is 3.25. The summed E-state index contributed by atoms with van der Waals surface area (Å²) in [6, 6.07) is 17.9. The van der Waals surface area contributed by atoms with Crippen molar-refractivity contribution in [1.29, 1.82) is 0 Å². The molecular formula is C25H32N4O2. The highest BCUT2D eigenvalue weighted by atomic mass is 16.2. The summed E-state index contributed by atoms with van der Waals surface area (Å²) in [5, 5.41) is 5.99. The second kappa shape index (κ2) is 10.4. The fourth-order valence-electron chi connectivity index (χ4n) is 4.36. The van der Waals surface area contributed by atoms with E-state index in [1.165, 1.54) is 31.5 Å². The van der Waals surface area contributed by atoms with Gasteiger partial charge in [0.25, 0.3) is 0 Å². The van der Waals surface area contributed by atoms with Gasteiger partial charge in [-0.1, -0.05) is 42.5 Å². The molecule has 0 radical (unpaired) electrons. The first kappa shape index (κ1) is 21.4. The van der Waals surface area contributed by atoms with E-state index in [-0.39, 0.29) is 17.9 Å². The van der Waals surface area contributed by atoms with Crippen molar-refractivity contribution in [2.75, 3.05) is 31.5 Å². The predicted octanol–water partition coefficient (Wildman–Crippen LogP) is 3.84. The van der Waals surface area contributed by atoms with E-state index < -0.39 is 0 Å². The van der Waals surface area contributed by atoms with Gasteiger partial charge in [-0.3, -0.25) is 9.69 Å². The lowest BCUT2D eigenvalue weighted by atomic mass is 9.96. The van der Waals surface area contributed by atoms with Crippen LogP contribution in [0.3, 0.4) is 0 Å². The molecule has 0 unspecified atom stereocenters. The fourth-order valence-corrected chi connectivity index (χ4v) is 4.36. The molecule has 6 heteroatoms. The maximum absolute atomic E-state index is 12.6. The summed E-state index contributed by atoms with van der Waals surface area (Å²) < 4.78 is 0. The summed E-state index contributed by atoms with van der Waals surface area (Å²) >= 11 is 0. The predicted molar refractivity (Wildman–Crippen MR) is 123 cm³/mol. The minimum atomic E-state index is -0.0981. The van der Waals surface area contributed by atoms with Gasteiger partial charge >= 0.3 is 6.03 Å². The van der Waals surface area contributed by atoms with Crippen molar-refractivity contribution in [1.82, 2.24) is 15.1 Å². The highest BCUT2D eigenvalue weighted by Gasteiger charge is 2.27. The Morgan fingerprint density at radius 1 is 0.839 bits per heavy atom. The van der Waals surface area contributed by atoms with Crippen molar-refractivity contribution in [3.05, 3.63) is 65.7 Å². The molecule has 2 fully saturated rings. The largest absolute Gasteiger partial charge is 0.352 e. The summed E-state index contributed by atoms with van der Waals surface area (Å²) in [4.78, 5) is 29.3. The lowest BCUT2D eigenvalue weighted by molar-refractivity contribution is -0.126. The number of hydrogen-bond acceptors (Lipinski definition) is 3. The van der Waals surface area contributed by atoms with E-state index >= 15 is 0 Å². The van der Waals surface area contributed by atoms with Crippen LogP contribution in [-0.2, 0) is 17.9 Å². The van der Waals surface area contributed by atoms with Crippen molar-refractivity contribution in [2.45, 2.75) is 38.8 Å². The van der Waals surface area contributed by atoms with Crippen molar-refractivity contribution in [3.63, 3.8) is 0 Å². The van der Waals surface area contributed by atoms with Gasteiger partial charge in [0.2, 0.25) is 5.91 Å². The monoisotopic (exact) mass is 420 g/mol. The highest BCUT2D eigenvalue weighted by Crippen LogP contribution is 2.19. The molecule has 6 nitrogen and oxygen atoms in total. The lowest BCUT2D eigenvalue weighted by Gasteiger charge is -2.31. The van der Waals surface area contributed by atoms with Crippen molar-refractivity contribution < 1.29 is 9.59 Å². The van der Waals surface area contributed by atoms with Gasteiger partial charge in [0.05, 0.1) is 0 Å². The highest BCUT2D eigenvalue weighted by molar-refractivity contribution is 5.89. The number of piperidine rings is 1. The number of para-hydroxylation sites is 1. The number of amides is 3. The Kier molecular flexibility index (Phi) is 7.20. The lowest BCUT2D eigenvalue weighted by Crippen LogP contribution is -2.44. The van der Waals surface area contributed by atoms with E-state index in [1.807, 2.05) is 30.3 Å². The molecule has 2 heterocycles. The number of carbonyl (C=O) groups excluding carboxylic acids is 2. The maximum atomic E-state index is 12.6. The standard InChI is InChI=1S/C25H32N4O2/c30-24(26-18-20-8-10-21(11-9-20)19-28-14-4-5-15-28)22-12-16-29(17-13-22)25(31)27-23-6-2-1-3-7-23/h1-3,6-11,22H,4-5,12-19H2,(H,26,30)(H,27,31). The Hall–Kier alpha value is -2.86. The molecule has 0 aromatic heterocycles. The van der Waals surface area contributed by atoms with E-state index in [0.717, 1.165) is 17.8 Å². The van der Waals surface area contributed by atoms with Gasteiger partial charge in [-0.05, 0) is 62.0 Å². The number of nitrogens with zero attached hydrogens (tertiary/aromatic N) is 2. The third kappa shape index (κ3) is 6.07. The first-order valence-electron chi connectivity index (χ1n) is 11.4. The molecule has 164 valence electrons. The number of urea groups is 1. The van der Waals surface area contributed by atoms with Crippen LogP contribution in [0.1, 0.15) is 36.8 Å². The Morgan fingerprint density at radius 3 is 2.16 bits per heavy atom. The number of anilines is 1. The minimum Gasteiger partial charge on any atom is -0.352 e. The number of carbonyl (C=O) groups is 2. The Labute approximate surface area is 184 Å². The first-order chi connectivity index (χ1) is 15.2. The number of hydrogen-bond donors (Lipinski definition) is 2. The fraction of sp³-hybridized carbons (Fsp3) is 0.440.